The maximum absolute atomic E-state index is 12.5. The van der Waals surface area contributed by atoms with E-state index < -0.39 is 33.6 Å². The smallest absolute Gasteiger partial charge is 0.325 e. The molecule has 23 heavy (non-hydrogen) atoms. The highest BCUT2D eigenvalue weighted by molar-refractivity contribution is 7.89. The molecule has 0 aliphatic carbocycles. The standard InChI is InChI=1S/C17H25NO4S/c1-7-13(3)15(16(19)22-17(4,5)6)18-23(20,21)14-10-8-12(2)9-11-14/h7-11,13,15,18H,1H2,2-6H3/t13-,15+/m1/s1. The Balaban J connectivity index is 3.07. The zero-order chi connectivity index (χ0) is 17.8. The van der Waals surface area contributed by atoms with Crippen LogP contribution in [0.1, 0.15) is 33.3 Å². The number of esters is 1. The molecule has 2 atom stereocenters. The number of aryl methyl sites for hydroxylation is 1. The van der Waals surface area contributed by atoms with Crippen LogP contribution >= 0.6 is 0 Å². The minimum atomic E-state index is -3.83. The first-order valence-corrected chi connectivity index (χ1v) is 8.89. The van der Waals surface area contributed by atoms with Crippen LogP contribution in [0.4, 0.5) is 0 Å². The Morgan fingerprint density at radius 3 is 2.22 bits per heavy atom. The molecule has 0 unspecified atom stereocenters. The van der Waals surface area contributed by atoms with Crippen LogP contribution in [-0.4, -0.2) is 26.0 Å². The predicted molar refractivity (Wildman–Crippen MR) is 90.5 cm³/mol. The number of rotatable bonds is 6. The second-order valence-corrected chi connectivity index (χ2v) is 8.25. The van der Waals surface area contributed by atoms with Crippen LogP contribution in [0, 0.1) is 12.8 Å². The van der Waals surface area contributed by atoms with Crippen molar-refractivity contribution >= 4 is 16.0 Å². The van der Waals surface area contributed by atoms with E-state index in [4.69, 9.17) is 4.74 Å². The van der Waals surface area contributed by atoms with E-state index in [-0.39, 0.29) is 4.90 Å². The van der Waals surface area contributed by atoms with E-state index in [9.17, 15) is 13.2 Å². The summed E-state index contributed by atoms with van der Waals surface area (Å²) in [6.07, 6.45) is 1.52. The Morgan fingerprint density at radius 1 is 1.26 bits per heavy atom. The van der Waals surface area contributed by atoms with E-state index >= 15 is 0 Å². The van der Waals surface area contributed by atoms with Gasteiger partial charge in [-0.25, -0.2) is 8.42 Å². The fourth-order valence-corrected chi connectivity index (χ4v) is 3.10. The van der Waals surface area contributed by atoms with E-state index in [1.54, 1.807) is 39.8 Å². The molecule has 128 valence electrons. The molecule has 0 saturated carbocycles. The molecule has 1 N–H and O–H groups in total. The number of hydrogen-bond donors (Lipinski definition) is 1. The molecular formula is C17H25NO4S. The van der Waals surface area contributed by atoms with Crippen LogP contribution in [0.2, 0.25) is 0 Å². The molecule has 1 aromatic carbocycles. The first-order valence-electron chi connectivity index (χ1n) is 7.40. The van der Waals surface area contributed by atoms with Gasteiger partial charge in [-0.2, -0.15) is 4.72 Å². The normalized spacial score (nSPS) is 14.8. The lowest BCUT2D eigenvalue weighted by Crippen LogP contribution is -2.47. The van der Waals surface area contributed by atoms with Gasteiger partial charge in [0.2, 0.25) is 10.0 Å². The lowest BCUT2D eigenvalue weighted by atomic mass is 10.0. The molecule has 5 nitrogen and oxygen atoms in total. The van der Waals surface area contributed by atoms with Crippen molar-refractivity contribution in [1.82, 2.24) is 4.72 Å². The zero-order valence-electron chi connectivity index (χ0n) is 14.3. The maximum atomic E-state index is 12.5. The fourth-order valence-electron chi connectivity index (χ4n) is 1.82. The molecule has 0 aliphatic rings. The van der Waals surface area contributed by atoms with E-state index in [2.05, 4.69) is 11.3 Å². The Morgan fingerprint density at radius 2 is 1.78 bits per heavy atom. The van der Waals surface area contributed by atoms with E-state index in [0.29, 0.717) is 0 Å². The molecule has 0 aromatic heterocycles. The Bertz CT molecular complexity index is 657. The SMILES string of the molecule is C=C[C@@H](C)[C@H](NS(=O)(=O)c1ccc(C)cc1)C(=O)OC(C)(C)C. The number of sulfonamides is 1. The number of ether oxygens (including phenoxy) is 1. The number of nitrogens with one attached hydrogen (secondary N) is 1. The third kappa shape index (κ3) is 5.80. The van der Waals surface area contributed by atoms with Crippen molar-refractivity contribution in [3.63, 3.8) is 0 Å². The summed E-state index contributed by atoms with van der Waals surface area (Å²) in [6, 6.07) is 5.38. The van der Waals surface area contributed by atoms with Crippen molar-refractivity contribution in [2.24, 2.45) is 5.92 Å². The number of hydrogen-bond acceptors (Lipinski definition) is 4. The largest absolute Gasteiger partial charge is 0.459 e. The van der Waals surface area contributed by atoms with Crippen LogP contribution in [0.3, 0.4) is 0 Å². The number of benzene rings is 1. The van der Waals surface area contributed by atoms with Crippen molar-refractivity contribution in [3.8, 4) is 0 Å². The van der Waals surface area contributed by atoms with Gasteiger partial charge in [-0.05, 0) is 39.8 Å². The second kappa shape index (κ2) is 7.27. The molecule has 0 saturated heterocycles. The van der Waals surface area contributed by atoms with Crippen LogP contribution < -0.4 is 4.72 Å². The predicted octanol–water partition coefficient (Wildman–Crippen LogP) is 2.81. The van der Waals surface area contributed by atoms with Gasteiger partial charge in [0.15, 0.2) is 0 Å². The molecule has 6 heteroatoms. The van der Waals surface area contributed by atoms with Crippen molar-refractivity contribution in [2.75, 3.05) is 0 Å². The summed E-state index contributed by atoms with van der Waals surface area (Å²) in [6.45, 7) is 12.4. The lowest BCUT2D eigenvalue weighted by Gasteiger charge is -2.26. The highest BCUT2D eigenvalue weighted by atomic mass is 32.2. The van der Waals surface area contributed by atoms with E-state index in [0.717, 1.165) is 5.56 Å². The lowest BCUT2D eigenvalue weighted by molar-refractivity contribution is -0.157. The number of carbonyl (C=O) groups excluding carboxylic acids is 1. The molecule has 0 bridgehead atoms. The highest BCUT2D eigenvalue weighted by Crippen LogP contribution is 2.17. The fraction of sp³-hybridized carbons (Fsp3) is 0.471. The molecule has 0 fully saturated rings. The Kier molecular flexibility index (Phi) is 6.13. The van der Waals surface area contributed by atoms with Gasteiger partial charge in [0.25, 0.3) is 0 Å². The molecule has 1 aromatic rings. The van der Waals surface area contributed by atoms with Crippen LogP contribution in [0.5, 0.6) is 0 Å². The van der Waals surface area contributed by atoms with Gasteiger partial charge < -0.3 is 4.74 Å². The molecule has 0 aliphatic heterocycles. The van der Waals surface area contributed by atoms with Crippen molar-refractivity contribution in [1.29, 1.82) is 0 Å². The molecule has 0 amide bonds. The van der Waals surface area contributed by atoms with E-state index in [1.165, 1.54) is 18.2 Å². The highest BCUT2D eigenvalue weighted by Gasteiger charge is 2.32. The topological polar surface area (TPSA) is 72.5 Å². The molecule has 1 rings (SSSR count). The first-order chi connectivity index (χ1) is 10.5. The quantitative estimate of drug-likeness (QED) is 0.639. The Labute approximate surface area is 138 Å². The summed E-state index contributed by atoms with van der Waals surface area (Å²) in [4.78, 5) is 12.4. The van der Waals surface area contributed by atoms with Crippen LogP contribution in [-0.2, 0) is 19.6 Å². The van der Waals surface area contributed by atoms with Gasteiger partial charge >= 0.3 is 5.97 Å². The summed E-state index contributed by atoms with van der Waals surface area (Å²) in [5, 5.41) is 0. The average Bonchev–Trinajstić information content (AvgIpc) is 2.42. The summed E-state index contributed by atoms with van der Waals surface area (Å²) < 4.78 is 32.7. The molecule has 0 heterocycles. The minimum Gasteiger partial charge on any atom is -0.459 e. The van der Waals surface area contributed by atoms with Gasteiger partial charge in [-0.1, -0.05) is 30.7 Å². The first kappa shape index (κ1) is 19.4. The third-order valence-corrected chi connectivity index (χ3v) is 4.63. The third-order valence-electron chi connectivity index (χ3n) is 3.17. The van der Waals surface area contributed by atoms with Gasteiger partial charge in [0.05, 0.1) is 4.90 Å². The Hall–Kier alpha value is -1.66. The van der Waals surface area contributed by atoms with Gasteiger partial charge in [-0.3, -0.25) is 4.79 Å². The minimum absolute atomic E-state index is 0.105. The van der Waals surface area contributed by atoms with Gasteiger partial charge in [0.1, 0.15) is 11.6 Å². The number of carbonyl (C=O) groups is 1. The van der Waals surface area contributed by atoms with Crippen molar-refractivity contribution < 1.29 is 17.9 Å². The maximum Gasteiger partial charge on any atom is 0.325 e. The summed E-state index contributed by atoms with van der Waals surface area (Å²) >= 11 is 0. The van der Waals surface area contributed by atoms with Crippen molar-refractivity contribution in [3.05, 3.63) is 42.5 Å². The summed E-state index contributed by atoms with van der Waals surface area (Å²) in [7, 11) is -3.83. The van der Waals surface area contributed by atoms with Crippen molar-refractivity contribution in [2.45, 2.75) is 51.2 Å². The summed E-state index contributed by atoms with van der Waals surface area (Å²) in [5.41, 5.74) is 0.248. The molecular weight excluding hydrogens is 314 g/mol. The summed E-state index contributed by atoms with van der Waals surface area (Å²) in [5.74, 6) is -1.04. The van der Waals surface area contributed by atoms with Crippen LogP contribution in [0.25, 0.3) is 0 Å². The van der Waals surface area contributed by atoms with Crippen LogP contribution in [0.15, 0.2) is 41.8 Å². The van der Waals surface area contributed by atoms with E-state index in [1.807, 2.05) is 6.92 Å². The average molecular weight is 339 g/mol. The molecule has 0 spiro atoms. The molecule has 0 radical (unpaired) electrons. The van der Waals surface area contributed by atoms with Gasteiger partial charge in [0, 0.05) is 5.92 Å². The van der Waals surface area contributed by atoms with Gasteiger partial charge in [-0.15, -0.1) is 6.58 Å². The second-order valence-electron chi connectivity index (χ2n) is 6.54. The zero-order valence-corrected chi connectivity index (χ0v) is 15.1. The monoisotopic (exact) mass is 339 g/mol.